The molecule has 2 heterocycles. The molecule has 0 bridgehead atoms. The summed E-state index contributed by atoms with van der Waals surface area (Å²) in [4.78, 5) is 6.40. The van der Waals surface area contributed by atoms with E-state index >= 15 is 0 Å². The third-order valence-corrected chi connectivity index (χ3v) is 4.30. The van der Waals surface area contributed by atoms with Crippen molar-refractivity contribution in [3.8, 4) is 5.75 Å². The molecule has 0 saturated carbocycles. The minimum Gasteiger partial charge on any atom is -0.434 e. The van der Waals surface area contributed by atoms with E-state index < -0.39 is 6.61 Å². The number of rotatable bonds is 5. The fraction of sp³-hybridized carbons (Fsp3) is 0.444. The van der Waals surface area contributed by atoms with E-state index in [4.69, 9.17) is 4.74 Å². The highest BCUT2D eigenvalue weighted by atomic mass is 127. The average molecular weight is 507 g/mol. The molecule has 1 aliphatic heterocycles. The highest BCUT2D eigenvalue weighted by Crippen LogP contribution is 2.22. The molecule has 28 heavy (non-hydrogen) atoms. The first-order chi connectivity index (χ1) is 13.1. The van der Waals surface area contributed by atoms with Gasteiger partial charge in [-0.25, -0.2) is 0 Å². The van der Waals surface area contributed by atoms with E-state index in [1.54, 1.807) is 36.1 Å². The van der Waals surface area contributed by atoms with E-state index in [9.17, 15) is 8.78 Å². The van der Waals surface area contributed by atoms with Crippen LogP contribution in [0.5, 0.6) is 5.75 Å². The first-order valence-corrected chi connectivity index (χ1v) is 8.65. The van der Waals surface area contributed by atoms with Crippen molar-refractivity contribution in [3.05, 3.63) is 47.8 Å². The van der Waals surface area contributed by atoms with Gasteiger partial charge < -0.3 is 19.7 Å². The molecule has 1 N–H and O–H groups in total. The molecule has 1 aromatic carbocycles. The summed E-state index contributed by atoms with van der Waals surface area (Å²) in [5.74, 6) is 0.838. The number of benzene rings is 1. The van der Waals surface area contributed by atoms with E-state index in [-0.39, 0.29) is 35.8 Å². The molecule has 2 aromatic rings. The number of hydrogen-bond donors (Lipinski definition) is 1. The van der Waals surface area contributed by atoms with Gasteiger partial charge in [-0.3, -0.25) is 9.67 Å². The third-order valence-electron chi connectivity index (χ3n) is 4.30. The van der Waals surface area contributed by atoms with Crippen molar-refractivity contribution in [1.82, 2.24) is 20.0 Å². The van der Waals surface area contributed by atoms with Gasteiger partial charge in [-0.1, -0.05) is 18.2 Å². The molecule has 7 nitrogen and oxygen atoms in total. The Labute approximate surface area is 179 Å². The van der Waals surface area contributed by atoms with Gasteiger partial charge in [0, 0.05) is 44.5 Å². The van der Waals surface area contributed by atoms with Gasteiger partial charge in [0.2, 0.25) is 0 Å². The van der Waals surface area contributed by atoms with Gasteiger partial charge >= 0.3 is 6.61 Å². The Morgan fingerprint density at radius 3 is 2.89 bits per heavy atom. The summed E-state index contributed by atoms with van der Waals surface area (Å²) in [6.07, 6.45) is 3.63. The van der Waals surface area contributed by atoms with Crippen LogP contribution in [-0.4, -0.2) is 54.0 Å². The molecule has 1 fully saturated rings. The van der Waals surface area contributed by atoms with Crippen LogP contribution in [0.25, 0.3) is 0 Å². The van der Waals surface area contributed by atoms with Gasteiger partial charge in [0.25, 0.3) is 0 Å². The molecule has 0 spiro atoms. The van der Waals surface area contributed by atoms with Crippen molar-refractivity contribution >= 4 is 29.9 Å². The molecule has 0 radical (unpaired) electrons. The lowest BCUT2D eigenvalue weighted by molar-refractivity contribution is -0.0504. The summed E-state index contributed by atoms with van der Waals surface area (Å²) in [6, 6.07) is 6.72. The topological polar surface area (TPSA) is 63.9 Å². The first kappa shape index (κ1) is 22.3. The Hall–Kier alpha value is -1.95. The van der Waals surface area contributed by atoms with Gasteiger partial charge in [-0.05, 0) is 6.07 Å². The number of ether oxygens (including phenoxy) is 2. The second-order valence-electron chi connectivity index (χ2n) is 6.14. The molecule has 1 aromatic heterocycles. The zero-order chi connectivity index (χ0) is 19.2. The third kappa shape index (κ3) is 5.77. The molecular formula is C18H24F2IN5O2. The van der Waals surface area contributed by atoms with Gasteiger partial charge in [0.05, 0.1) is 19.3 Å². The Bertz CT molecular complexity index is 787. The molecule has 10 heteroatoms. The number of aryl methyl sites for hydroxylation is 1. The summed E-state index contributed by atoms with van der Waals surface area (Å²) >= 11 is 0. The molecular weight excluding hydrogens is 483 g/mol. The van der Waals surface area contributed by atoms with Crippen LogP contribution in [0.15, 0.2) is 41.7 Å². The van der Waals surface area contributed by atoms with Crippen LogP contribution >= 0.6 is 24.0 Å². The predicted octanol–water partition coefficient (Wildman–Crippen LogP) is 2.79. The van der Waals surface area contributed by atoms with E-state index in [0.717, 1.165) is 5.56 Å². The second kappa shape index (κ2) is 10.6. The lowest BCUT2D eigenvalue weighted by Gasteiger charge is -2.34. The van der Waals surface area contributed by atoms with Gasteiger partial charge in [-0.15, -0.1) is 24.0 Å². The van der Waals surface area contributed by atoms with Crippen LogP contribution in [0.3, 0.4) is 0 Å². The molecule has 3 rings (SSSR count). The summed E-state index contributed by atoms with van der Waals surface area (Å²) in [5.41, 5.74) is 1.64. The average Bonchev–Trinajstić information content (AvgIpc) is 3.10. The smallest absolute Gasteiger partial charge is 0.387 e. The van der Waals surface area contributed by atoms with Crippen molar-refractivity contribution in [2.24, 2.45) is 12.0 Å². The van der Waals surface area contributed by atoms with Crippen LogP contribution in [0.1, 0.15) is 17.2 Å². The fourth-order valence-electron chi connectivity index (χ4n) is 3.02. The minimum atomic E-state index is -2.86. The first-order valence-electron chi connectivity index (χ1n) is 8.65. The molecule has 1 atom stereocenters. The number of guanidine groups is 1. The van der Waals surface area contributed by atoms with E-state index in [1.807, 2.05) is 13.2 Å². The second-order valence-corrected chi connectivity index (χ2v) is 6.14. The number of aromatic nitrogens is 2. The molecule has 154 valence electrons. The van der Waals surface area contributed by atoms with Crippen LogP contribution in [0.2, 0.25) is 0 Å². The predicted molar refractivity (Wildman–Crippen MR) is 112 cm³/mol. The van der Waals surface area contributed by atoms with Gasteiger partial charge in [0.1, 0.15) is 11.9 Å². The lowest BCUT2D eigenvalue weighted by atomic mass is 10.1. The maximum Gasteiger partial charge on any atom is 0.387 e. The summed E-state index contributed by atoms with van der Waals surface area (Å²) in [6.45, 7) is -0.660. The highest BCUT2D eigenvalue weighted by molar-refractivity contribution is 14.0. The van der Waals surface area contributed by atoms with E-state index in [0.29, 0.717) is 37.8 Å². The fourth-order valence-corrected chi connectivity index (χ4v) is 3.02. The van der Waals surface area contributed by atoms with Crippen molar-refractivity contribution in [1.29, 1.82) is 0 Å². The Morgan fingerprint density at radius 2 is 2.21 bits per heavy atom. The molecule has 1 saturated heterocycles. The summed E-state index contributed by atoms with van der Waals surface area (Å²) in [7, 11) is 3.56. The Morgan fingerprint density at radius 1 is 1.43 bits per heavy atom. The standard InChI is InChI=1S/C18H23F2N5O2.HI/c1-21-18(22-9-13-5-3-4-6-15(13)27-17(19)20)25-7-8-26-16(12-25)14-10-23-24(2)11-14;/h3-6,10-11,16-17H,7-9,12H2,1-2H3,(H,21,22);1H. The lowest BCUT2D eigenvalue weighted by Crippen LogP contribution is -2.47. The van der Waals surface area contributed by atoms with Crippen molar-refractivity contribution in [3.63, 3.8) is 0 Å². The molecule has 0 amide bonds. The number of morpholine rings is 1. The minimum absolute atomic E-state index is 0. The van der Waals surface area contributed by atoms with Crippen molar-refractivity contribution in [2.45, 2.75) is 19.3 Å². The van der Waals surface area contributed by atoms with E-state index in [2.05, 4.69) is 25.0 Å². The number of halogens is 3. The number of nitrogens with zero attached hydrogens (tertiary/aromatic N) is 4. The van der Waals surface area contributed by atoms with Gasteiger partial charge in [-0.2, -0.15) is 13.9 Å². The monoisotopic (exact) mass is 507 g/mol. The zero-order valence-electron chi connectivity index (χ0n) is 15.7. The molecule has 1 unspecified atom stereocenters. The van der Waals surface area contributed by atoms with Crippen LogP contribution in [0.4, 0.5) is 8.78 Å². The summed E-state index contributed by atoms with van der Waals surface area (Å²) in [5, 5.41) is 7.41. The largest absolute Gasteiger partial charge is 0.434 e. The van der Waals surface area contributed by atoms with E-state index in [1.165, 1.54) is 6.07 Å². The highest BCUT2D eigenvalue weighted by Gasteiger charge is 2.25. The van der Waals surface area contributed by atoms with Crippen molar-refractivity contribution < 1.29 is 18.3 Å². The number of hydrogen-bond acceptors (Lipinski definition) is 4. The van der Waals surface area contributed by atoms with Crippen molar-refractivity contribution in [2.75, 3.05) is 26.7 Å². The number of alkyl halides is 2. The molecule has 0 aliphatic carbocycles. The normalized spacial score (nSPS) is 17.4. The quantitative estimate of drug-likeness (QED) is 0.383. The van der Waals surface area contributed by atoms with Crippen LogP contribution < -0.4 is 10.1 Å². The number of aliphatic imine (C=N–C) groups is 1. The maximum absolute atomic E-state index is 12.6. The summed E-state index contributed by atoms with van der Waals surface area (Å²) < 4.78 is 37.3. The Balaban J connectivity index is 0.00000280. The van der Waals surface area contributed by atoms with Crippen LogP contribution in [0, 0.1) is 0 Å². The Kier molecular flexibility index (Phi) is 8.42. The maximum atomic E-state index is 12.6. The SMILES string of the molecule is CN=C(NCc1ccccc1OC(F)F)N1CCOC(c2cnn(C)c2)C1.I. The van der Waals surface area contributed by atoms with Crippen LogP contribution in [-0.2, 0) is 18.3 Å². The molecule has 1 aliphatic rings. The zero-order valence-corrected chi connectivity index (χ0v) is 18.0. The number of para-hydroxylation sites is 1. The van der Waals surface area contributed by atoms with Gasteiger partial charge in [0.15, 0.2) is 5.96 Å². The number of nitrogens with one attached hydrogen (secondary N) is 1.